The van der Waals surface area contributed by atoms with Crippen LogP contribution in [-0.4, -0.2) is 13.1 Å². The van der Waals surface area contributed by atoms with Crippen LogP contribution >= 0.6 is 11.6 Å². The van der Waals surface area contributed by atoms with Crippen molar-refractivity contribution in [3.05, 3.63) is 11.0 Å². The van der Waals surface area contributed by atoms with E-state index in [1.807, 2.05) is 0 Å². The molecule has 0 spiro atoms. The first-order valence-electron chi connectivity index (χ1n) is 2.57. The van der Waals surface area contributed by atoms with E-state index in [9.17, 15) is 8.42 Å². The van der Waals surface area contributed by atoms with Crippen molar-refractivity contribution in [3.63, 3.8) is 0 Å². The zero-order valence-electron chi connectivity index (χ0n) is 4.96. The molecule has 0 N–H and O–H groups in total. The molecule has 52 valence electrons. The maximum atomic E-state index is 10.8. The molecule has 0 saturated heterocycles. The lowest BCUT2D eigenvalue weighted by atomic mass is 10.3. The Balaban J connectivity index is 3.04. The second kappa shape index (κ2) is 1.99. The van der Waals surface area contributed by atoms with Gasteiger partial charge in [-0.2, -0.15) is 0 Å². The standard InChI is InChI=1S/C5H7ClO2S/c1-4-2-5(6)9(7,8)3-4/h3,5H,2H2,1H3. The highest BCUT2D eigenvalue weighted by atomic mass is 35.5. The molecule has 4 heteroatoms. The summed E-state index contributed by atoms with van der Waals surface area (Å²) in [5.41, 5.74) is 0.843. The molecular formula is C5H7ClO2S. The van der Waals surface area contributed by atoms with Crippen LogP contribution in [0, 0.1) is 0 Å². The normalized spacial score (nSPS) is 32.2. The summed E-state index contributed by atoms with van der Waals surface area (Å²) in [7, 11) is -3.07. The Morgan fingerprint density at radius 1 is 1.78 bits per heavy atom. The predicted octanol–water partition coefficient (Wildman–Crippen LogP) is 1.27. The minimum absolute atomic E-state index is 0.476. The number of rotatable bonds is 0. The average Bonchev–Trinajstić information content (AvgIpc) is 1.79. The first-order valence-corrected chi connectivity index (χ1v) is 4.62. The van der Waals surface area contributed by atoms with Crippen molar-refractivity contribution in [1.29, 1.82) is 0 Å². The van der Waals surface area contributed by atoms with Gasteiger partial charge in [-0.15, -0.1) is 11.6 Å². The summed E-state index contributed by atoms with van der Waals surface area (Å²) in [6.45, 7) is 1.76. The largest absolute Gasteiger partial charge is 0.223 e. The van der Waals surface area contributed by atoms with Gasteiger partial charge in [0.25, 0.3) is 0 Å². The van der Waals surface area contributed by atoms with Gasteiger partial charge in [-0.25, -0.2) is 8.42 Å². The molecular weight excluding hydrogens is 160 g/mol. The monoisotopic (exact) mass is 166 g/mol. The van der Waals surface area contributed by atoms with Gasteiger partial charge in [-0.3, -0.25) is 0 Å². The van der Waals surface area contributed by atoms with Crippen LogP contribution < -0.4 is 0 Å². The zero-order chi connectivity index (χ0) is 7.07. The van der Waals surface area contributed by atoms with E-state index in [0.717, 1.165) is 5.57 Å². The van der Waals surface area contributed by atoms with Crippen LogP contribution in [0.5, 0.6) is 0 Å². The minimum atomic E-state index is -3.07. The van der Waals surface area contributed by atoms with Gasteiger partial charge in [-0.05, 0) is 13.3 Å². The molecule has 0 aromatic rings. The van der Waals surface area contributed by atoms with E-state index in [2.05, 4.69) is 0 Å². The highest BCUT2D eigenvalue weighted by Gasteiger charge is 2.26. The van der Waals surface area contributed by atoms with Crippen LogP contribution in [0.2, 0.25) is 0 Å². The van der Waals surface area contributed by atoms with Crippen molar-refractivity contribution in [3.8, 4) is 0 Å². The Morgan fingerprint density at radius 3 is 2.44 bits per heavy atom. The Morgan fingerprint density at radius 2 is 2.33 bits per heavy atom. The van der Waals surface area contributed by atoms with E-state index < -0.39 is 14.5 Å². The van der Waals surface area contributed by atoms with Gasteiger partial charge in [0.05, 0.1) is 0 Å². The highest BCUT2D eigenvalue weighted by molar-refractivity contribution is 7.96. The molecule has 0 aliphatic carbocycles. The number of halogens is 1. The quantitative estimate of drug-likeness (QED) is 0.508. The van der Waals surface area contributed by atoms with Gasteiger partial charge in [-0.1, -0.05) is 5.57 Å². The van der Waals surface area contributed by atoms with Gasteiger partial charge in [0, 0.05) is 5.41 Å². The van der Waals surface area contributed by atoms with E-state index in [1.54, 1.807) is 6.92 Å². The second-order valence-electron chi connectivity index (χ2n) is 2.17. The van der Waals surface area contributed by atoms with Crippen molar-refractivity contribution < 1.29 is 8.42 Å². The van der Waals surface area contributed by atoms with Crippen LogP contribution in [0.25, 0.3) is 0 Å². The lowest BCUT2D eigenvalue weighted by molar-refractivity contribution is 0.603. The maximum Gasteiger partial charge on any atom is 0.188 e. The summed E-state index contributed by atoms with van der Waals surface area (Å²) in [6.07, 6.45) is 0.476. The van der Waals surface area contributed by atoms with Gasteiger partial charge in [0.2, 0.25) is 0 Å². The third-order valence-corrected chi connectivity index (χ3v) is 3.71. The van der Waals surface area contributed by atoms with Crippen LogP contribution in [0.15, 0.2) is 11.0 Å². The fourth-order valence-electron chi connectivity index (χ4n) is 0.772. The number of hydrogen-bond acceptors (Lipinski definition) is 2. The Kier molecular flexibility index (Phi) is 1.57. The van der Waals surface area contributed by atoms with Crippen molar-refractivity contribution >= 4 is 21.4 Å². The molecule has 9 heavy (non-hydrogen) atoms. The van der Waals surface area contributed by atoms with Crippen molar-refractivity contribution in [2.45, 2.75) is 18.1 Å². The van der Waals surface area contributed by atoms with E-state index in [1.165, 1.54) is 5.41 Å². The average molecular weight is 167 g/mol. The molecule has 1 unspecified atom stereocenters. The smallest absolute Gasteiger partial charge is 0.188 e. The van der Waals surface area contributed by atoms with E-state index in [4.69, 9.17) is 11.6 Å². The zero-order valence-corrected chi connectivity index (χ0v) is 6.54. The van der Waals surface area contributed by atoms with Crippen molar-refractivity contribution in [2.24, 2.45) is 0 Å². The molecule has 1 aliphatic rings. The molecule has 1 rings (SSSR count). The molecule has 0 fully saturated rings. The summed E-state index contributed by atoms with van der Waals surface area (Å²) >= 11 is 5.46. The number of sulfone groups is 1. The molecule has 1 atom stereocenters. The lowest BCUT2D eigenvalue weighted by Crippen LogP contribution is -2.04. The fraction of sp³-hybridized carbons (Fsp3) is 0.600. The van der Waals surface area contributed by atoms with Gasteiger partial charge < -0.3 is 0 Å². The Hall–Kier alpha value is -0.0200. The van der Waals surface area contributed by atoms with Crippen molar-refractivity contribution in [1.82, 2.24) is 0 Å². The predicted molar refractivity (Wildman–Crippen MR) is 36.9 cm³/mol. The first-order chi connectivity index (χ1) is 4.02. The summed E-state index contributed by atoms with van der Waals surface area (Å²) in [5.74, 6) is 0. The van der Waals surface area contributed by atoms with Crippen LogP contribution in [0.1, 0.15) is 13.3 Å². The fourth-order valence-corrected chi connectivity index (χ4v) is 2.47. The molecule has 2 nitrogen and oxygen atoms in total. The number of allylic oxidation sites excluding steroid dienone is 1. The number of alkyl halides is 1. The molecule has 0 aromatic heterocycles. The van der Waals surface area contributed by atoms with Crippen LogP contribution in [0.3, 0.4) is 0 Å². The number of hydrogen-bond donors (Lipinski definition) is 0. The lowest BCUT2D eigenvalue weighted by Gasteiger charge is -1.94. The van der Waals surface area contributed by atoms with Crippen LogP contribution in [0.4, 0.5) is 0 Å². The summed E-state index contributed by atoms with van der Waals surface area (Å²) in [4.78, 5) is 0. The molecule has 0 amide bonds. The molecule has 1 heterocycles. The molecule has 0 saturated carbocycles. The molecule has 0 bridgehead atoms. The van der Waals surface area contributed by atoms with E-state index >= 15 is 0 Å². The van der Waals surface area contributed by atoms with Gasteiger partial charge >= 0.3 is 0 Å². The summed E-state index contributed by atoms with van der Waals surface area (Å²) in [6, 6.07) is 0. The summed E-state index contributed by atoms with van der Waals surface area (Å²) in [5, 5.41) is 1.24. The second-order valence-corrected chi connectivity index (χ2v) is 4.94. The molecule has 0 radical (unpaired) electrons. The van der Waals surface area contributed by atoms with Crippen molar-refractivity contribution in [2.75, 3.05) is 0 Å². The van der Waals surface area contributed by atoms with E-state index in [-0.39, 0.29) is 0 Å². The summed E-state index contributed by atoms with van der Waals surface area (Å²) < 4.78 is 20.8. The van der Waals surface area contributed by atoms with Gasteiger partial charge in [0.1, 0.15) is 4.71 Å². The van der Waals surface area contributed by atoms with E-state index in [0.29, 0.717) is 6.42 Å². The minimum Gasteiger partial charge on any atom is -0.223 e. The third-order valence-electron chi connectivity index (χ3n) is 1.20. The SMILES string of the molecule is CC1=CS(=O)(=O)C(Cl)C1. The molecule has 0 aromatic carbocycles. The topological polar surface area (TPSA) is 34.1 Å². The highest BCUT2D eigenvalue weighted by Crippen LogP contribution is 2.26. The molecule has 1 aliphatic heterocycles. The van der Waals surface area contributed by atoms with Crippen LogP contribution in [-0.2, 0) is 9.84 Å². The third kappa shape index (κ3) is 1.27. The maximum absolute atomic E-state index is 10.8. The van der Waals surface area contributed by atoms with Gasteiger partial charge in [0.15, 0.2) is 9.84 Å². The Bertz CT molecular complexity index is 240. The first kappa shape index (κ1) is 7.09. The Labute approximate surface area is 59.4 Å².